The van der Waals surface area contributed by atoms with Crippen molar-refractivity contribution in [3.05, 3.63) is 71.0 Å². The minimum Gasteiger partial charge on any atom is -0.352 e. The molecule has 1 saturated heterocycles. The maximum atomic E-state index is 14.1. The van der Waals surface area contributed by atoms with Crippen LogP contribution in [0.4, 0.5) is 4.39 Å². The van der Waals surface area contributed by atoms with Crippen molar-refractivity contribution in [3.8, 4) is 0 Å². The van der Waals surface area contributed by atoms with Crippen molar-refractivity contribution < 1.29 is 18.8 Å². The van der Waals surface area contributed by atoms with E-state index in [1.165, 1.54) is 18.2 Å². The number of benzene rings is 2. The maximum absolute atomic E-state index is 14.1. The van der Waals surface area contributed by atoms with E-state index in [2.05, 4.69) is 10.6 Å². The summed E-state index contributed by atoms with van der Waals surface area (Å²) in [5.74, 6) is -1.72. The Morgan fingerprint density at radius 2 is 1.67 bits per heavy atom. The van der Waals surface area contributed by atoms with E-state index in [4.69, 9.17) is 0 Å². The first kappa shape index (κ1) is 24.4. The van der Waals surface area contributed by atoms with E-state index in [1.807, 2.05) is 45.0 Å². The van der Waals surface area contributed by atoms with Crippen molar-refractivity contribution in [2.24, 2.45) is 5.92 Å². The molecule has 1 heterocycles. The molecule has 0 bridgehead atoms. The minimum atomic E-state index is -0.803. The van der Waals surface area contributed by atoms with Crippen molar-refractivity contribution >= 4 is 17.7 Å². The van der Waals surface area contributed by atoms with Gasteiger partial charge < -0.3 is 15.5 Å². The van der Waals surface area contributed by atoms with Gasteiger partial charge >= 0.3 is 0 Å². The van der Waals surface area contributed by atoms with Crippen LogP contribution in [-0.2, 0) is 4.79 Å². The number of hydrogen-bond donors (Lipinski definition) is 2. The number of aryl methyl sites for hydroxylation is 1. The van der Waals surface area contributed by atoms with Crippen LogP contribution < -0.4 is 10.6 Å². The van der Waals surface area contributed by atoms with Gasteiger partial charge in [-0.3, -0.25) is 14.4 Å². The Bertz CT molecular complexity index is 985. The van der Waals surface area contributed by atoms with Crippen LogP contribution in [0, 0.1) is 18.7 Å². The van der Waals surface area contributed by atoms with Gasteiger partial charge in [-0.1, -0.05) is 36.8 Å². The topological polar surface area (TPSA) is 78.5 Å². The Hall–Kier alpha value is -3.22. The Morgan fingerprint density at radius 1 is 1.03 bits per heavy atom. The lowest BCUT2D eigenvalue weighted by atomic mass is 9.88. The third kappa shape index (κ3) is 6.18. The van der Waals surface area contributed by atoms with Crippen LogP contribution in [0.25, 0.3) is 0 Å². The van der Waals surface area contributed by atoms with Gasteiger partial charge in [0.05, 0.1) is 5.56 Å². The van der Waals surface area contributed by atoms with E-state index in [-0.39, 0.29) is 29.3 Å². The van der Waals surface area contributed by atoms with Crippen LogP contribution in [-0.4, -0.2) is 47.8 Å². The predicted octanol–water partition coefficient (Wildman–Crippen LogP) is 3.70. The molecule has 3 rings (SSSR count). The number of nitrogens with zero attached hydrogens (tertiary/aromatic N) is 1. The zero-order valence-corrected chi connectivity index (χ0v) is 19.4. The zero-order valence-electron chi connectivity index (χ0n) is 19.4. The molecule has 7 heteroatoms. The fourth-order valence-corrected chi connectivity index (χ4v) is 4.01. The summed E-state index contributed by atoms with van der Waals surface area (Å²) in [6.45, 7) is 6.81. The van der Waals surface area contributed by atoms with Crippen molar-refractivity contribution in [1.82, 2.24) is 15.5 Å². The quantitative estimate of drug-likeness (QED) is 0.671. The first-order valence-electron chi connectivity index (χ1n) is 11.5. The zero-order chi connectivity index (χ0) is 24.0. The third-order valence-corrected chi connectivity index (χ3v) is 6.29. The number of likely N-dealkylation sites (tertiary alicyclic amines) is 1. The normalized spacial score (nSPS) is 16.1. The van der Waals surface area contributed by atoms with Crippen molar-refractivity contribution in [3.63, 3.8) is 0 Å². The number of carbonyl (C=O) groups is 3. The number of carbonyl (C=O) groups excluding carboxylic acids is 3. The van der Waals surface area contributed by atoms with Gasteiger partial charge in [0.1, 0.15) is 11.9 Å². The minimum absolute atomic E-state index is 0.0375. The van der Waals surface area contributed by atoms with E-state index in [1.54, 1.807) is 11.0 Å². The Kier molecular flexibility index (Phi) is 8.20. The van der Waals surface area contributed by atoms with Crippen LogP contribution in [0.3, 0.4) is 0 Å². The lowest BCUT2D eigenvalue weighted by Crippen LogP contribution is -2.55. The average molecular weight is 454 g/mol. The molecule has 0 saturated carbocycles. The van der Waals surface area contributed by atoms with Gasteiger partial charge in [0.25, 0.3) is 11.8 Å². The molecule has 0 radical (unpaired) electrons. The highest BCUT2D eigenvalue weighted by Gasteiger charge is 2.34. The summed E-state index contributed by atoms with van der Waals surface area (Å²) < 4.78 is 14.1. The molecule has 33 heavy (non-hydrogen) atoms. The average Bonchev–Trinajstić information content (AvgIpc) is 2.82. The molecular weight excluding hydrogens is 421 g/mol. The predicted molar refractivity (Wildman–Crippen MR) is 125 cm³/mol. The van der Waals surface area contributed by atoms with E-state index in [0.717, 1.165) is 12.0 Å². The highest BCUT2D eigenvalue weighted by atomic mass is 19.1. The SMILES string of the molecule is CC[C@@H](C)NC(=O)[C@@H](NC(=O)c1ccccc1F)C1CCN(C(=O)c2ccc(C)cc2)CC1. The molecule has 1 aliphatic heterocycles. The number of nitrogens with one attached hydrogen (secondary N) is 2. The largest absolute Gasteiger partial charge is 0.352 e. The summed E-state index contributed by atoms with van der Waals surface area (Å²) in [7, 11) is 0. The monoisotopic (exact) mass is 453 g/mol. The molecule has 2 atom stereocenters. The number of piperidine rings is 1. The smallest absolute Gasteiger partial charge is 0.254 e. The molecule has 3 amide bonds. The van der Waals surface area contributed by atoms with Gasteiger partial charge in [0, 0.05) is 24.7 Å². The van der Waals surface area contributed by atoms with E-state index < -0.39 is 17.8 Å². The summed E-state index contributed by atoms with van der Waals surface area (Å²) >= 11 is 0. The Labute approximate surface area is 194 Å². The fourth-order valence-electron chi connectivity index (χ4n) is 4.01. The molecule has 2 N–H and O–H groups in total. The highest BCUT2D eigenvalue weighted by Crippen LogP contribution is 2.23. The van der Waals surface area contributed by atoms with Crippen molar-refractivity contribution in [2.75, 3.05) is 13.1 Å². The van der Waals surface area contributed by atoms with Crippen molar-refractivity contribution in [2.45, 2.75) is 52.1 Å². The lowest BCUT2D eigenvalue weighted by Gasteiger charge is -2.36. The van der Waals surface area contributed by atoms with Gasteiger partial charge in [0.15, 0.2) is 0 Å². The lowest BCUT2D eigenvalue weighted by molar-refractivity contribution is -0.125. The third-order valence-electron chi connectivity index (χ3n) is 6.29. The van der Waals surface area contributed by atoms with Crippen LogP contribution in [0.15, 0.2) is 48.5 Å². The highest BCUT2D eigenvalue weighted by molar-refractivity contribution is 5.98. The van der Waals surface area contributed by atoms with E-state index >= 15 is 0 Å². The summed E-state index contributed by atoms with van der Waals surface area (Å²) in [5.41, 5.74) is 1.63. The second-order valence-electron chi connectivity index (χ2n) is 8.74. The van der Waals surface area contributed by atoms with Gasteiger partial charge in [-0.2, -0.15) is 0 Å². The van der Waals surface area contributed by atoms with Crippen LogP contribution in [0.5, 0.6) is 0 Å². The van der Waals surface area contributed by atoms with Gasteiger partial charge in [0.2, 0.25) is 5.91 Å². The summed E-state index contributed by atoms with van der Waals surface area (Å²) in [4.78, 5) is 40.4. The first-order valence-corrected chi connectivity index (χ1v) is 11.5. The molecule has 0 unspecified atom stereocenters. The molecule has 1 aliphatic rings. The van der Waals surface area contributed by atoms with Crippen LogP contribution in [0.1, 0.15) is 59.4 Å². The molecule has 0 aromatic heterocycles. The van der Waals surface area contributed by atoms with E-state index in [9.17, 15) is 18.8 Å². The van der Waals surface area contributed by atoms with Gasteiger partial charge in [-0.05, 0) is 63.3 Å². The second kappa shape index (κ2) is 11.1. The van der Waals surface area contributed by atoms with Gasteiger partial charge in [-0.15, -0.1) is 0 Å². The molecule has 176 valence electrons. The maximum Gasteiger partial charge on any atom is 0.254 e. The first-order chi connectivity index (χ1) is 15.8. The van der Waals surface area contributed by atoms with Crippen LogP contribution >= 0.6 is 0 Å². The molecule has 0 aliphatic carbocycles. The Balaban J connectivity index is 1.71. The second-order valence-corrected chi connectivity index (χ2v) is 8.74. The number of rotatable bonds is 7. The van der Waals surface area contributed by atoms with E-state index in [0.29, 0.717) is 31.5 Å². The number of hydrogen-bond acceptors (Lipinski definition) is 3. The summed E-state index contributed by atoms with van der Waals surface area (Å²) in [6, 6.07) is 12.3. The number of amides is 3. The Morgan fingerprint density at radius 3 is 2.27 bits per heavy atom. The number of halogens is 1. The summed E-state index contributed by atoms with van der Waals surface area (Å²) in [6.07, 6.45) is 1.88. The van der Waals surface area contributed by atoms with Crippen LogP contribution in [0.2, 0.25) is 0 Å². The summed E-state index contributed by atoms with van der Waals surface area (Å²) in [5, 5.41) is 5.70. The molecule has 1 fully saturated rings. The fraction of sp³-hybridized carbons (Fsp3) is 0.423. The molecule has 2 aromatic carbocycles. The molecule has 6 nitrogen and oxygen atoms in total. The van der Waals surface area contributed by atoms with Crippen molar-refractivity contribution in [1.29, 1.82) is 0 Å². The standard InChI is InChI=1S/C26H32FN3O3/c1-4-18(3)28-25(32)23(29-24(31)21-7-5-6-8-22(21)27)19-13-15-30(16-14-19)26(33)20-11-9-17(2)10-12-20/h5-12,18-19,23H,4,13-16H2,1-3H3,(H,28,32)(H,29,31)/t18-,23+/m1/s1. The molecular formula is C26H32FN3O3. The molecule has 0 spiro atoms. The van der Waals surface area contributed by atoms with Gasteiger partial charge in [-0.25, -0.2) is 4.39 Å². The molecule has 2 aromatic rings.